The molecule has 2 rings (SSSR count). The van der Waals surface area contributed by atoms with E-state index >= 15 is 0 Å². The highest BCUT2D eigenvalue weighted by Crippen LogP contribution is 2.23. The van der Waals surface area contributed by atoms with Crippen molar-refractivity contribution < 1.29 is 9.59 Å². The molecule has 1 heterocycles. The Morgan fingerprint density at radius 3 is 2.76 bits per heavy atom. The van der Waals surface area contributed by atoms with Crippen molar-refractivity contribution in [2.45, 2.75) is 32.2 Å². The largest absolute Gasteiger partial charge is 0.338 e. The third kappa shape index (κ3) is 4.36. The van der Waals surface area contributed by atoms with Crippen molar-refractivity contribution in [1.29, 1.82) is 0 Å². The highest BCUT2D eigenvalue weighted by molar-refractivity contribution is 6.30. The normalized spacial score (nSPS) is 17.9. The van der Waals surface area contributed by atoms with E-state index in [0.717, 1.165) is 18.5 Å². The summed E-state index contributed by atoms with van der Waals surface area (Å²) in [4.78, 5) is 25.4. The van der Waals surface area contributed by atoms with Crippen LogP contribution in [0, 0.1) is 0 Å². The quantitative estimate of drug-likeness (QED) is 0.821. The molecule has 0 spiro atoms. The molecule has 0 bridgehead atoms. The number of anilines is 1. The minimum Gasteiger partial charge on any atom is -0.338 e. The van der Waals surface area contributed by atoms with Crippen LogP contribution in [0.25, 0.3) is 0 Å². The van der Waals surface area contributed by atoms with E-state index in [-0.39, 0.29) is 18.0 Å². The smallest absolute Gasteiger partial charge is 0.315 e. The number of carbonyl (C=O) groups is 2. The fourth-order valence-corrected chi connectivity index (χ4v) is 2.42. The molecular weight excluding hydrogens is 290 g/mol. The Hall–Kier alpha value is -1.75. The zero-order valence-electron chi connectivity index (χ0n) is 12.1. The van der Waals surface area contributed by atoms with E-state index in [1.54, 1.807) is 17.0 Å². The number of nitrogens with zero attached hydrogens (tertiary/aromatic N) is 1. The fraction of sp³-hybridized carbons (Fsp3) is 0.467. The molecule has 2 N–H and O–H groups in total. The van der Waals surface area contributed by atoms with Crippen molar-refractivity contribution in [1.82, 2.24) is 10.6 Å². The van der Waals surface area contributed by atoms with Gasteiger partial charge in [0.1, 0.15) is 0 Å². The molecule has 3 amide bonds. The third-order valence-electron chi connectivity index (χ3n) is 3.41. The monoisotopic (exact) mass is 309 g/mol. The number of unbranched alkanes of at least 4 members (excludes halogenated alkanes) is 1. The van der Waals surface area contributed by atoms with Crippen LogP contribution in [0.2, 0.25) is 5.02 Å². The van der Waals surface area contributed by atoms with E-state index in [2.05, 4.69) is 17.6 Å². The predicted octanol–water partition coefficient (Wildman–Crippen LogP) is 2.54. The maximum atomic E-state index is 12.0. The van der Waals surface area contributed by atoms with Crippen LogP contribution < -0.4 is 15.5 Å². The van der Waals surface area contributed by atoms with Gasteiger partial charge in [-0.15, -0.1) is 0 Å². The Bertz CT molecular complexity index is 504. The minimum atomic E-state index is -0.209. The Morgan fingerprint density at radius 1 is 1.38 bits per heavy atom. The predicted molar refractivity (Wildman–Crippen MR) is 83.7 cm³/mol. The second kappa shape index (κ2) is 7.31. The van der Waals surface area contributed by atoms with Crippen molar-refractivity contribution in [3.05, 3.63) is 29.3 Å². The maximum Gasteiger partial charge on any atom is 0.315 e. The summed E-state index contributed by atoms with van der Waals surface area (Å²) in [5.41, 5.74) is 0.806. The molecule has 1 aliphatic rings. The molecule has 1 saturated heterocycles. The highest BCUT2D eigenvalue weighted by Gasteiger charge is 2.31. The van der Waals surface area contributed by atoms with Crippen molar-refractivity contribution in [2.24, 2.45) is 0 Å². The zero-order valence-corrected chi connectivity index (χ0v) is 12.8. The molecule has 1 aromatic rings. The first-order valence-electron chi connectivity index (χ1n) is 7.20. The molecule has 1 aromatic carbocycles. The number of carbonyl (C=O) groups excluding carboxylic acids is 2. The van der Waals surface area contributed by atoms with Gasteiger partial charge in [0.25, 0.3) is 0 Å². The first-order valence-corrected chi connectivity index (χ1v) is 7.58. The van der Waals surface area contributed by atoms with Gasteiger partial charge in [-0.2, -0.15) is 0 Å². The molecule has 0 unspecified atom stereocenters. The SMILES string of the molecule is CCCCNC(=O)N[C@@H]1CC(=O)N(c2ccc(Cl)cc2)C1. The molecule has 1 fully saturated rings. The Balaban J connectivity index is 1.87. The Morgan fingerprint density at radius 2 is 2.10 bits per heavy atom. The van der Waals surface area contributed by atoms with Gasteiger partial charge in [0.2, 0.25) is 5.91 Å². The summed E-state index contributed by atoms with van der Waals surface area (Å²) < 4.78 is 0. The standard InChI is InChI=1S/C15H20ClN3O2/c1-2-3-8-17-15(21)18-12-9-14(20)19(10-12)13-6-4-11(16)5-7-13/h4-7,12H,2-3,8-10H2,1H3,(H2,17,18,21)/t12-/m1/s1. The van der Waals surface area contributed by atoms with Crippen LogP contribution in [-0.4, -0.2) is 31.1 Å². The maximum absolute atomic E-state index is 12.0. The third-order valence-corrected chi connectivity index (χ3v) is 3.67. The molecule has 114 valence electrons. The number of amides is 3. The highest BCUT2D eigenvalue weighted by atomic mass is 35.5. The molecule has 0 aromatic heterocycles. The van der Waals surface area contributed by atoms with Gasteiger partial charge >= 0.3 is 6.03 Å². The van der Waals surface area contributed by atoms with E-state index in [4.69, 9.17) is 11.6 Å². The van der Waals surface area contributed by atoms with Gasteiger partial charge in [0.05, 0.1) is 6.04 Å². The molecule has 0 saturated carbocycles. The van der Waals surface area contributed by atoms with Crippen molar-refractivity contribution in [2.75, 3.05) is 18.0 Å². The van der Waals surface area contributed by atoms with Crippen molar-refractivity contribution >= 4 is 29.2 Å². The topological polar surface area (TPSA) is 61.4 Å². The van der Waals surface area contributed by atoms with Crippen LogP contribution in [0.15, 0.2) is 24.3 Å². The van der Waals surface area contributed by atoms with Crippen LogP contribution in [-0.2, 0) is 4.79 Å². The molecule has 5 nitrogen and oxygen atoms in total. The van der Waals surface area contributed by atoms with E-state index in [9.17, 15) is 9.59 Å². The van der Waals surface area contributed by atoms with Crippen LogP contribution in [0.3, 0.4) is 0 Å². The molecule has 0 aliphatic carbocycles. The van der Waals surface area contributed by atoms with E-state index in [0.29, 0.717) is 24.5 Å². The van der Waals surface area contributed by atoms with Gasteiger partial charge in [-0.3, -0.25) is 4.79 Å². The van der Waals surface area contributed by atoms with Crippen LogP contribution in [0.4, 0.5) is 10.5 Å². The molecule has 21 heavy (non-hydrogen) atoms. The first kappa shape index (κ1) is 15.6. The summed E-state index contributed by atoms with van der Waals surface area (Å²) in [6.45, 7) is 3.21. The number of hydrogen-bond acceptors (Lipinski definition) is 2. The number of halogens is 1. The second-order valence-electron chi connectivity index (χ2n) is 5.14. The van der Waals surface area contributed by atoms with Crippen molar-refractivity contribution in [3.63, 3.8) is 0 Å². The molecule has 0 radical (unpaired) electrons. The van der Waals surface area contributed by atoms with E-state index < -0.39 is 0 Å². The minimum absolute atomic E-state index is 0.0104. The van der Waals surface area contributed by atoms with Gasteiger partial charge in [-0.25, -0.2) is 4.79 Å². The number of rotatable bonds is 5. The molecular formula is C15H20ClN3O2. The first-order chi connectivity index (χ1) is 10.1. The van der Waals surface area contributed by atoms with Crippen molar-refractivity contribution in [3.8, 4) is 0 Å². The number of nitrogens with one attached hydrogen (secondary N) is 2. The summed E-state index contributed by atoms with van der Waals surface area (Å²) in [6, 6.07) is 6.76. The van der Waals surface area contributed by atoms with Gasteiger partial charge < -0.3 is 15.5 Å². The molecule has 1 aliphatic heterocycles. The number of urea groups is 1. The summed E-state index contributed by atoms with van der Waals surface area (Å²) in [5, 5.41) is 6.27. The molecule has 1 atom stereocenters. The zero-order chi connectivity index (χ0) is 15.2. The summed E-state index contributed by atoms with van der Waals surface area (Å²) >= 11 is 5.84. The number of benzene rings is 1. The molecule has 6 heteroatoms. The Kier molecular flexibility index (Phi) is 5.44. The van der Waals surface area contributed by atoms with Gasteiger partial charge in [-0.1, -0.05) is 24.9 Å². The summed E-state index contributed by atoms with van der Waals surface area (Å²) in [6.07, 6.45) is 2.31. The van der Waals surface area contributed by atoms with Gasteiger partial charge in [-0.05, 0) is 30.7 Å². The van der Waals surface area contributed by atoms with Crippen LogP contribution >= 0.6 is 11.6 Å². The lowest BCUT2D eigenvalue weighted by Crippen LogP contribution is -2.43. The van der Waals surface area contributed by atoms with Crippen LogP contribution in [0.1, 0.15) is 26.2 Å². The number of hydrogen-bond donors (Lipinski definition) is 2. The van der Waals surface area contributed by atoms with E-state index in [1.807, 2.05) is 12.1 Å². The van der Waals surface area contributed by atoms with Gasteiger partial charge in [0.15, 0.2) is 0 Å². The summed E-state index contributed by atoms with van der Waals surface area (Å²) in [7, 11) is 0. The average molecular weight is 310 g/mol. The fourth-order valence-electron chi connectivity index (χ4n) is 2.29. The van der Waals surface area contributed by atoms with E-state index in [1.165, 1.54) is 0 Å². The lowest BCUT2D eigenvalue weighted by atomic mass is 10.2. The lowest BCUT2D eigenvalue weighted by Gasteiger charge is -2.17. The summed E-state index contributed by atoms with van der Waals surface area (Å²) in [5.74, 6) is 0.0104. The average Bonchev–Trinajstić information content (AvgIpc) is 2.80. The second-order valence-corrected chi connectivity index (χ2v) is 5.57. The Labute approximate surface area is 129 Å². The van der Waals surface area contributed by atoms with Gasteiger partial charge in [0, 0.05) is 30.2 Å². The lowest BCUT2D eigenvalue weighted by molar-refractivity contribution is -0.117. The van der Waals surface area contributed by atoms with Crippen LogP contribution in [0.5, 0.6) is 0 Å².